The Labute approximate surface area is 69.2 Å². The van der Waals surface area contributed by atoms with Gasteiger partial charge >= 0.3 is 0 Å². The number of hydrogen-bond acceptors (Lipinski definition) is 1. The quantitative estimate of drug-likeness (QED) is 0.446. The van der Waals surface area contributed by atoms with Crippen LogP contribution in [0.15, 0.2) is 0 Å². The lowest BCUT2D eigenvalue weighted by Crippen LogP contribution is -2.04. The minimum atomic E-state index is 0.141. The number of hydrogen-bond donors (Lipinski definition) is 0. The lowest BCUT2D eigenvalue weighted by molar-refractivity contribution is -0.111. The summed E-state index contributed by atoms with van der Waals surface area (Å²) in [6.45, 7) is 6.04. The monoisotopic (exact) mass is 152 g/mol. The molecule has 1 atom stereocenters. The highest BCUT2D eigenvalue weighted by atomic mass is 16.1. The summed E-state index contributed by atoms with van der Waals surface area (Å²) in [5, 5.41) is 0. The molecule has 0 saturated heterocycles. The van der Waals surface area contributed by atoms with Gasteiger partial charge in [-0.05, 0) is 19.3 Å². The topological polar surface area (TPSA) is 17.1 Å². The Balaban J connectivity index is 3.72. The van der Waals surface area contributed by atoms with Crippen molar-refractivity contribution in [2.24, 2.45) is 11.8 Å². The number of carbonyl (C=O) groups excluding carboxylic acids is 1. The first-order chi connectivity index (χ1) is 5.20. The molecule has 1 heteroatoms. The summed E-state index contributed by atoms with van der Waals surface area (Å²) < 4.78 is 0. The summed E-state index contributed by atoms with van der Waals surface area (Å²) in [7, 11) is 0. The van der Waals surface area contributed by atoms with Crippen molar-refractivity contribution in [2.45, 2.75) is 33.6 Å². The molecule has 0 saturated carbocycles. The van der Waals surface area contributed by atoms with Gasteiger partial charge in [-0.15, -0.1) is 11.8 Å². The van der Waals surface area contributed by atoms with Crippen LogP contribution in [0, 0.1) is 23.7 Å². The molecule has 0 unspecified atom stereocenters. The van der Waals surface area contributed by atoms with E-state index in [2.05, 4.69) is 25.7 Å². The predicted molar refractivity (Wildman–Crippen MR) is 47.1 cm³/mol. The van der Waals surface area contributed by atoms with Crippen LogP contribution < -0.4 is 0 Å². The molecule has 0 N–H and O–H groups in total. The van der Waals surface area contributed by atoms with Crippen LogP contribution in [0.4, 0.5) is 0 Å². The molecule has 0 aromatic heterocycles. The Hall–Kier alpha value is -0.770. The molecule has 0 spiro atoms. The fourth-order valence-corrected chi connectivity index (χ4v) is 1.03. The van der Waals surface area contributed by atoms with Gasteiger partial charge in [0.1, 0.15) is 6.29 Å². The zero-order chi connectivity index (χ0) is 8.69. The van der Waals surface area contributed by atoms with Crippen LogP contribution in [0.1, 0.15) is 33.6 Å². The van der Waals surface area contributed by atoms with E-state index in [0.29, 0.717) is 5.92 Å². The summed E-state index contributed by atoms with van der Waals surface area (Å²) in [5.41, 5.74) is 0. The van der Waals surface area contributed by atoms with Crippen molar-refractivity contribution < 1.29 is 4.79 Å². The van der Waals surface area contributed by atoms with Crippen molar-refractivity contribution in [1.82, 2.24) is 0 Å². The van der Waals surface area contributed by atoms with Crippen LogP contribution in [-0.4, -0.2) is 6.29 Å². The van der Waals surface area contributed by atoms with E-state index in [1.54, 1.807) is 6.92 Å². The fraction of sp³-hybridized carbons (Fsp3) is 0.700. The van der Waals surface area contributed by atoms with Crippen LogP contribution in [0.3, 0.4) is 0 Å². The molecule has 0 aromatic rings. The van der Waals surface area contributed by atoms with Gasteiger partial charge in [-0.25, -0.2) is 0 Å². The molecule has 0 radical (unpaired) electrons. The minimum absolute atomic E-state index is 0.141. The van der Waals surface area contributed by atoms with Gasteiger partial charge in [-0.1, -0.05) is 13.8 Å². The van der Waals surface area contributed by atoms with Crippen molar-refractivity contribution in [3.05, 3.63) is 0 Å². The molecule has 0 amide bonds. The molecule has 62 valence electrons. The summed E-state index contributed by atoms with van der Waals surface area (Å²) in [5.74, 6) is 6.45. The highest BCUT2D eigenvalue weighted by Gasteiger charge is 2.07. The van der Waals surface area contributed by atoms with Crippen LogP contribution in [0.5, 0.6) is 0 Å². The van der Waals surface area contributed by atoms with Gasteiger partial charge in [-0.2, -0.15) is 0 Å². The third-order valence-corrected chi connectivity index (χ3v) is 1.51. The second kappa shape index (κ2) is 5.97. The maximum absolute atomic E-state index is 10.5. The van der Waals surface area contributed by atoms with Gasteiger partial charge in [0, 0.05) is 12.3 Å². The normalized spacial score (nSPS) is 12.0. The largest absolute Gasteiger partial charge is 0.303 e. The number of carbonyl (C=O) groups is 1. The van der Waals surface area contributed by atoms with Crippen LogP contribution >= 0.6 is 0 Å². The Morgan fingerprint density at radius 1 is 1.45 bits per heavy atom. The van der Waals surface area contributed by atoms with Crippen molar-refractivity contribution in [2.75, 3.05) is 0 Å². The van der Waals surface area contributed by atoms with Crippen molar-refractivity contribution >= 4 is 6.29 Å². The molecule has 0 aliphatic carbocycles. The van der Waals surface area contributed by atoms with E-state index in [-0.39, 0.29) is 5.92 Å². The summed E-state index contributed by atoms with van der Waals surface area (Å²) in [6, 6.07) is 0. The van der Waals surface area contributed by atoms with E-state index in [1.165, 1.54) is 0 Å². The van der Waals surface area contributed by atoms with Crippen LogP contribution in [0.2, 0.25) is 0 Å². The van der Waals surface area contributed by atoms with Gasteiger partial charge in [0.2, 0.25) is 0 Å². The standard InChI is InChI=1S/C10H16O/c1-4-5-6-10(8-11)7-9(2)3/h8-10H,6-7H2,1-3H3/t10-/m0/s1. The lowest BCUT2D eigenvalue weighted by atomic mass is 9.96. The zero-order valence-corrected chi connectivity index (χ0v) is 7.55. The summed E-state index contributed by atoms with van der Waals surface area (Å²) in [4.78, 5) is 10.5. The second-order valence-electron chi connectivity index (χ2n) is 3.16. The van der Waals surface area contributed by atoms with Crippen LogP contribution in [0.25, 0.3) is 0 Å². The highest BCUT2D eigenvalue weighted by molar-refractivity contribution is 5.54. The number of aldehydes is 1. The lowest BCUT2D eigenvalue weighted by Gasteiger charge is -2.08. The molecule has 0 aliphatic heterocycles. The van der Waals surface area contributed by atoms with Gasteiger partial charge in [0.25, 0.3) is 0 Å². The summed E-state index contributed by atoms with van der Waals surface area (Å²) >= 11 is 0. The van der Waals surface area contributed by atoms with Gasteiger partial charge < -0.3 is 4.79 Å². The molecule has 0 aromatic carbocycles. The van der Waals surface area contributed by atoms with Crippen molar-refractivity contribution in [3.8, 4) is 11.8 Å². The first-order valence-electron chi connectivity index (χ1n) is 4.05. The smallest absolute Gasteiger partial charge is 0.124 e. The third-order valence-electron chi connectivity index (χ3n) is 1.51. The first-order valence-corrected chi connectivity index (χ1v) is 4.05. The molecular formula is C10H16O. The maximum Gasteiger partial charge on any atom is 0.124 e. The molecule has 0 aliphatic rings. The number of rotatable bonds is 4. The van der Waals surface area contributed by atoms with Crippen LogP contribution in [-0.2, 0) is 4.79 Å². The summed E-state index contributed by atoms with van der Waals surface area (Å²) in [6.07, 6.45) is 2.70. The Morgan fingerprint density at radius 2 is 2.09 bits per heavy atom. The van der Waals surface area contributed by atoms with E-state index in [0.717, 1.165) is 19.1 Å². The Kier molecular flexibility index (Phi) is 5.56. The second-order valence-corrected chi connectivity index (χ2v) is 3.16. The molecule has 11 heavy (non-hydrogen) atoms. The Morgan fingerprint density at radius 3 is 2.45 bits per heavy atom. The average Bonchev–Trinajstić information content (AvgIpc) is 1.97. The van der Waals surface area contributed by atoms with E-state index in [4.69, 9.17) is 0 Å². The van der Waals surface area contributed by atoms with Gasteiger partial charge in [-0.3, -0.25) is 0 Å². The van der Waals surface area contributed by atoms with E-state index < -0.39 is 0 Å². The van der Waals surface area contributed by atoms with Crippen molar-refractivity contribution in [1.29, 1.82) is 0 Å². The van der Waals surface area contributed by atoms with Gasteiger partial charge in [0.15, 0.2) is 0 Å². The minimum Gasteiger partial charge on any atom is -0.303 e. The first kappa shape index (κ1) is 10.2. The zero-order valence-electron chi connectivity index (χ0n) is 7.55. The highest BCUT2D eigenvalue weighted by Crippen LogP contribution is 2.11. The van der Waals surface area contributed by atoms with E-state index in [1.807, 2.05) is 0 Å². The fourth-order valence-electron chi connectivity index (χ4n) is 1.03. The Bertz CT molecular complexity index is 159. The maximum atomic E-state index is 10.5. The third kappa shape index (κ3) is 5.66. The average molecular weight is 152 g/mol. The SMILES string of the molecule is CC#CC[C@H](C=O)CC(C)C. The van der Waals surface area contributed by atoms with Gasteiger partial charge in [0.05, 0.1) is 0 Å². The molecule has 0 fully saturated rings. The molecule has 1 nitrogen and oxygen atoms in total. The van der Waals surface area contributed by atoms with E-state index >= 15 is 0 Å². The van der Waals surface area contributed by atoms with Crippen molar-refractivity contribution in [3.63, 3.8) is 0 Å². The van der Waals surface area contributed by atoms with E-state index in [9.17, 15) is 4.79 Å². The molecular weight excluding hydrogens is 136 g/mol. The molecule has 0 bridgehead atoms. The molecule has 0 heterocycles. The molecule has 0 rings (SSSR count). The predicted octanol–water partition coefficient (Wildman–Crippen LogP) is 2.26.